The fourth-order valence-corrected chi connectivity index (χ4v) is 5.49. The number of para-hydroxylation sites is 1. The third-order valence-corrected chi connectivity index (χ3v) is 7.39. The molecule has 0 amide bonds. The van der Waals surface area contributed by atoms with Crippen LogP contribution in [0.4, 0.5) is 0 Å². The smallest absolute Gasteiger partial charge is 0.363 e. The van der Waals surface area contributed by atoms with Crippen molar-refractivity contribution in [3.8, 4) is 5.75 Å². The number of fused-ring (bicyclic) bond motifs is 1. The van der Waals surface area contributed by atoms with Crippen LogP contribution in [0.3, 0.4) is 0 Å². The van der Waals surface area contributed by atoms with Gasteiger partial charge in [0.1, 0.15) is 10.6 Å². The summed E-state index contributed by atoms with van der Waals surface area (Å²) >= 11 is 25.8. The van der Waals surface area contributed by atoms with Gasteiger partial charge in [0.2, 0.25) is 5.90 Å². The lowest BCUT2D eigenvalue weighted by molar-refractivity contribution is -0.129. The molecule has 0 aliphatic carbocycles. The van der Waals surface area contributed by atoms with Crippen molar-refractivity contribution < 1.29 is 19.1 Å². The lowest BCUT2D eigenvalue weighted by Gasteiger charge is -2.07. The summed E-state index contributed by atoms with van der Waals surface area (Å²) < 4.78 is 11.7. The molecule has 0 atom stereocenters. The van der Waals surface area contributed by atoms with E-state index >= 15 is 0 Å². The highest BCUT2D eigenvalue weighted by Crippen LogP contribution is 2.37. The Balaban J connectivity index is 1.46. The molecule has 10 heteroatoms. The first-order valence-electron chi connectivity index (χ1n) is 9.97. The summed E-state index contributed by atoms with van der Waals surface area (Å²) in [5.74, 6) is -1.04. The monoisotopic (exact) mass is 561 g/mol. The van der Waals surface area contributed by atoms with Crippen LogP contribution >= 0.6 is 57.7 Å². The van der Waals surface area contributed by atoms with Crippen LogP contribution in [0.15, 0.2) is 71.4 Å². The van der Waals surface area contributed by atoms with Crippen molar-refractivity contribution in [3.63, 3.8) is 0 Å². The van der Waals surface area contributed by atoms with Gasteiger partial charge in [0.05, 0.1) is 15.6 Å². The quantitative estimate of drug-likeness (QED) is 0.143. The number of hydrogen-bond acceptors (Lipinski definition) is 6. The number of rotatable bonds is 4. The van der Waals surface area contributed by atoms with Gasteiger partial charge in [0.15, 0.2) is 5.70 Å². The Hall–Kier alpha value is -2.87. The number of carbonyl (C=O) groups is 2. The molecule has 4 aromatic rings. The molecular weight excluding hydrogens is 552 g/mol. The van der Waals surface area contributed by atoms with Crippen LogP contribution in [-0.2, 0) is 9.53 Å². The maximum atomic E-state index is 13.0. The molecular formula is C25H11Cl4NO4S. The van der Waals surface area contributed by atoms with E-state index in [9.17, 15) is 9.59 Å². The van der Waals surface area contributed by atoms with Crippen LogP contribution in [0.5, 0.6) is 5.75 Å². The second-order valence-corrected chi connectivity index (χ2v) is 9.98. The Morgan fingerprint density at radius 3 is 2.51 bits per heavy atom. The summed E-state index contributed by atoms with van der Waals surface area (Å²) in [6.07, 6.45) is 1.47. The molecule has 3 aromatic carbocycles. The van der Waals surface area contributed by atoms with Gasteiger partial charge in [-0.05, 0) is 42.5 Å². The molecule has 174 valence electrons. The second-order valence-electron chi connectivity index (χ2n) is 7.27. The standard InChI is InChI=1S/C25H11Cl4NO4S/c26-13-5-7-15(17(28)10-13)23-30-18(24(31)34-23)9-12-3-1-2-4-19(12)33-25(32)22-21(29)16-8-6-14(27)11-20(16)35-22/h1-11H/b18-9+. The van der Waals surface area contributed by atoms with Crippen molar-refractivity contribution in [1.82, 2.24) is 0 Å². The summed E-state index contributed by atoms with van der Waals surface area (Å²) in [6.45, 7) is 0. The van der Waals surface area contributed by atoms with E-state index in [0.29, 0.717) is 31.6 Å². The van der Waals surface area contributed by atoms with Gasteiger partial charge in [-0.15, -0.1) is 11.3 Å². The van der Waals surface area contributed by atoms with Gasteiger partial charge >= 0.3 is 11.9 Å². The van der Waals surface area contributed by atoms with Crippen molar-refractivity contribution in [2.24, 2.45) is 4.99 Å². The molecule has 0 bridgehead atoms. The summed E-state index contributed by atoms with van der Waals surface area (Å²) in [5, 5.41) is 2.27. The van der Waals surface area contributed by atoms with Gasteiger partial charge in [0, 0.05) is 25.7 Å². The Morgan fingerprint density at radius 1 is 0.971 bits per heavy atom. The first-order chi connectivity index (χ1) is 16.8. The SMILES string of the molecule is O=C1OC(c2ccc(Cl)cc2Cl)=N/C1=C/c1ccccc1OC(=O)c1sc2cc(Cl)ccc2c1Cl. The van der Waals surface area contributed by atoms with Crippen molar-refractivity contribution in [2.45, 2.75) is 0 Å². The van der Waals surface area contributed by atoms with Crippen LogP contribution in [0.1, 0.15) is 20.8 Å². The molecule has 0 saturated carbocycles. The summed E-state index contributed by atoms with van der Waals surface area (Å²) in [5.41, 5.74) is 0.886. The zero-order chi connectivity index (χ0) is 24.7. The number of esters is 2. The number of ether oxygens (including phenoxy) is 2. The van der Waals surface area contributed by atoms with E-state index in [0.717, 1.165) is 4.70 Å². The first-order valence-corrected chi connectivity index (χ1v) is 12.3. The zero-order valence-corrected chi connectivity index (χ0v) is 21.2. The summed E-state index contributed by atoms with van der Waals surface area (Å²) in [4.78, 5) is 29.9. The average Bonchev–Trinajstić information content (AvgIpc) is 3.34. The fourth-order valence-electron chi connectivity index (χ4n) is 3.34. The highest BCUT2D eigenvalue weighted by molar-refractivity contribution is 7.21. The van der Waals surface area contributed by atoms with E-state index in [4.69, 9.17) is 55.9 Å². The lowest BCUT2D eigenvalue weighted by atomic mass is 10.1. The fraction of sp³-hybridized carbons (Fsp3) is 0. The number of aliphatic imine (C=N–C) groups is 1. The molecule has 35 heavy (non-hydrogen) atoms. The molecule has 1 aliphatic heterocycles. The highest BCUT2D eigenvalue weighted by atomic mass is 35.5. The number of benzene rings is 3. The largest absolute Gasteiger partial charge is 0.422 e. The van der Waals surface area contributed by atoms with Gasteiger partial charge in [-0.25, -0.2) is 14.6 Å². The Bertz CT molecular complexity index is 1590. The first kappa shape index (κ1) is 23.9. The van der Waals surface area contributed by atoms with Crippen molar-refractivity contribution in [1.29, 1.82) is 0 Å². The predicted molar refractivity (Wildman–Crippen MR) is 140 cm³/mol. The molecule has 1 aliphatic rings. The highest BCUT2D eigenvalue weighted by Gasteiger charge is 2.26. The third-order valence-electron chi connectivity index (χ3n) is 4.97. The number of hydrogen-bond donors (Lipinski definition) is 0. The molecule has 0 fully saturated rings. The van der Waals surface area contributed by atoms with E-state index in [1.165, 1.54) is 23.5 Å². The minimum atomic E-state index is -0.670. The van der Waals surface area contributed by atoms with E-state index in [-0.39, 0.29) is 27.2 Å². The Kier molecular flexibility index (Phi) is 6.57. The molecule has 0 N–H and O–H groups in total. The van der Waals surface area contributed by atoms with Crippen molar-refractivity contribution in [3.05, 3.63) is 102 Å². The van der Waals surface area contributed by atoms with Crippen LogP contribution in [0.25, 0.3) is 16.2 Å². The van der Waals surface area contributed by atoms with Gasteiger partial charge < -0.3 is 9.47 Å². The minimum Gasteiger partial charge on any atom is -0.422 e. The maximum absolute atomic E-state index is 13.0. The zero-order valence-electron chi connectivity index (χ0n) is 17.4. The van der Waals surface area contributed by atoms with E-state index in [1.807, 2.05) is 0 Å². The van der Waals surface area contributed by atoms with Crippen molar-refractivity contribution >= 4 is 91.7 Å². The Morgan fingerprint density at radius 2 is 1.71 bits per heavy atom. The Labute approximate surface area is 223 Å². The molecule has 1 aromatic heterocycles. The van der Waals surface area contributed by atoms with Crippen LogP contribution in [0, 0.1) is 0 Å². The molecule has 0 radical (unpaired) electrons. The number of thiophene rings is 1. The molecule has 0 unspecified atom stereocenters. The number of nitrogens with zero attached hydrogens (tertiary/aromatic N) is 1. The number of cyclic esters (lactones) is 1. The summed E-state index contributed by atoms with van der Waals surface area (Å²) in [6, 6.07) is 16.6. The van der Waals surface area contributed by atoms with Gasteiger partial charge in [-0.1, -0.05) is 70.7 Å². The molecule has 5 nitrogen and oxygen atoms in total. The molecule has 0 saturated heterocycles. The second kappa shape index (κ2) is 9.64. The van der Waals surface area contributed by atoms with E-state index < -0.39 is 11.9 Å². The molecule has 0 spiro atoms. The van der Waals surface area contributed by atoms with Gasteiger partial charge in [0.25, 0.3) is 0 Å². The van der Waals surface area contributed by atoms with Crippen LogP contribution in [0.2, 0.25) is 20.1 Å². The van der Waals surface area contributed by atoms with Crippen LogP contribution < -0.4 is 4.74 Å². The normalized spacial score (nSPS) is 14.3. The lowest BCUT2D eigenvalue weighted by Crippen LogP contribution is -2.08. The topological polar surface area (TPSA) is 65.0 Å². The van der Waals surface area contributed by atoms with Crippen molar-refractivity contribution in [2.75, 3.05) is 0 Å². The number of carbonyl (C=O) groups excluding carboxylic acids is 2. The minimum absolute atomic E-state index is 0.0176. The maximum Gasteiger partial charge on any atom is 0.363 e. The van der Waals surface area contributed by atoms with Crippen LogP contribution in [-0.4, -0.2) is 17.8 Å². The van der Waals surface area contributed by atoms with E-state index in [2.05, 4.69) is 4.99 Å². The summed E-state index contributed by atoms with van der Waals surface area (Å²) in [7, 11) is 0. The third kappa shape index (κ3) is 4.81. The number of halogens is 4. The molecule has 2 heterocycles. The van der Waals surface area contributed by atoms with E-state index in [1.54, 1.807) is 54.6 Å². The molecule has 5 rings (SSSR count). The predicted octanol–water partition coefficient (Wildman–Crippen LogP) is 8.08. The van der Waals surface area contributed by atoms with Gasteiger partial charge in [-0.3, -0.25) is 0 Å². The average molecular weight is 563 g/mol. The van der Waals surface area contributed by atoms with Gasteiger partial charge in [-0.2, -0.15) is 0 Å².